The van der Waals surface area contributed by atoms with E-state index in [1.807, 2.05) is 15.0 Å². The van der Waals surface area contributed by atoms with E-state index in [2.05, 4.69) is 32.8 Å². The second-order valence-electron chi connectivity index (χ2n) is 2.12. The van der Waals surface area contributed by atoms with Crippen LogP contribution in [-0.2, 0) is 0 Å². The summed E-state index contributed by atoms with van der Waals surface area (Å²) in [5, 5.41) is 0.905. The topological polar surface area (TPSA) is 56.7 Å². The van der Waals surface area contributed by atoms with Crippen LogP contribution in [0.4, 0.5) is 5.82 Å². The van der Waals surface area contributed by atoms with Gasteiger partial charge in [-0.1, -0.05) is 0 Å². The highest BCUT2D eigenvalue weighted by Gasteiger charge is 2.02. The molecule has 0 saturated carbocycles. The molecule has 11 heavy (non-hydrogen) atoms. The van der Waals surface area contributed by atoms with Crippen molar-refractivity contribution >= 4 is 39.7 Å². The molecule has 56 valence electrons. The Morgan fingerprint density at radius 2 is 2.27 bits per heavy atom. The zero-order chi connectivity index (χ0) is 7.84. The SMILES string of the molecule is Nc1ncnc2c1ccn2I. The number of hydrogen-bond donors (Lipinski definition) is 1. The van der Waals surface area contributed by atoms with Gasteiger partial charge in [-0.05, 0) is 6.07 Å². The number of nitrogens with two attached hydrogens (primary N) is 1. The van der Waals surface area contributed by atoms with E-state index >= 15 is 0 Å². The summed E-state index contributed by atoms with van der Waals surface area (Å²) >= 11 is 2.14. The fourth-order valence-corrected chi connectivity index (χ4v) is 1.49. The lowest BCUT2D eigenvalue weighted by Crippen LogP contribution is -1.91. The van der Waals surface area contributed by atoms with Gasteiger partial charge < -0.3 is 5.73 Å². The van der Waals surface area contributed by atoms with E-state index in [1.54, 1.807) is 0 Å². The van der Waals surface area contributed by atoms with Crippen LogP contribution in [0.25, 0.3) is 11.0 Å². The van der Waals surface area contributed by atoms with Gasteiger partial charge in [-0.15, -0.1) is 0 Å². The Balaban J connectivity index is 2.94. The summed E-state index contributed by atoms with van der Waals surface area (Å²) in [6.07, 6.45) is 3.36. The zero-order valence-corrected chi connectivity index (χ0v) is 7.69. The highest BCUT2D eigenvalue weighted by molar-refractivity contribution is 14.1. The summed E-state index contributed by atoms with van der Waals surface area (Å²) in [5.74, 6) is 0.533. The molecule has 0 radical (unpaired) electrons. The molecule has 0 aromatic carbocycles. The maximum atomic E-state index is 5.60. The van der Waals surface area contributed by atoms with Crippen LogP contribution in [0.15, 0.2) is 18.6 Å². The van der Waals surface area contributed by atoms with Gasteiger partial charge in [-0.3, -0.25) is 2.78 Å². The van der Waals surface area contributed by atoms with E-state index in [-0.39, 0.29) is 0 Å². The quantitative estimate of drug-likeness (QED) is 0.724. The average Bonchev–Trinajstić information content (AvgIpc) is 2.35. The molecular weight excluding hydrogens is 255 g/mol. The van der Waals surface area contributed by atoms with Crippen LogP contribution < -0.4 is 5.73 Å². The second-order valence-corrected chi connectivity index (χ2v) is 3.16. The van der Waals surface area contributed by atoms with Crippen LogP contribution in [0, 0.1) is 0 Å². The summed E-state index contributed by atoms with van der Waals surface area (Å²) in [6, 6.07) is 1.90. The fraction of sp³-hybridized carbons (Fsp3) is 0. The molecule has 4 nitrogen and oxygen atoms in total. The standard InChI is InChI=1S/C6H5IN4/c7-11-2-1-4-5(8)9-3-10-6(4)11/h1-3H,(H2,8,9,10). The molecule has 2 rings (SSSR count). The van der Waals surface area contributed by atoms with Gasteiger partial charge in [-0.2, -0.15) is 0 Å². The van der Waals surface area contributed by atoms with Crippen LogP contribution in [-0.4, -0.2) is 12.7 Å². The van der Waals surface area contributed by atoms with Gasteiger partial charge in [-0.25, -0.2) is 9.97 Å². The number of nitrogens with zero attached hydrogens (tertiary/aromatic N) is 3. The molecule has 0 bridgehead atoms. The Morgan fingerprint density at radius 3 is 3.00 bits per heavy atom. The van der Waals surface area contributed by atoms with Gasteiger partial charge in [0.15, 0.2) is 5.65 Å². The maximum Gasteiger partial charge on any atom is 0.154 e. The van der Waals surface area contributed by atoms with E-state index < -0.39 is 0 Å². The van der Waals surface area contributed by atoms with Crippen molar-refractivity contribution < 1.29 is 0 Å². The van der Waals surface area contributed by atoms with Crippen LogP contribution in [0.1, 0.15) is 0 Å². The predicted octanol–water partition coefficient (Wildman–Crippen LogP) is 1.21. The Morgan fingerprint density at radius 1 is 1.45 bits per heavy atom. The lowest BCUT2D eigenvalue weighted by Gasteiger charge is -1.93. The van der Waals surface area contributed by atoms with Crippen LogP contribution in [0.3, 0.4) is 0 Å². The second kappa shape index (κ2) is 2.33. The molecule has 5 heteroatoms. The average molecular weight is 260 g/mol. The lowest BCUT2D eigenvalue weighted by molar-refractivity contribution is 1.20. The van der Waals surface area contributed by atoms with E-state index in [4.69, 9.17) is 5.73 Å². The minimum atomic E-state index is 0.533. The van der Waals surface area contributed by atoms with Crippen molar-refractivity contribution in [2.24, 2.45) is 0 Å². The predicted molar refractivity (Wildman–Crippen MR) is 51.4 cm³/mol. The summed E-state index contributed by atoms with van der Waals surface area (Å²) < 4.78 is 1.88. The minimum absolute atomic E-state index is 0.533. The number of rotatable bonds is 0. The van der Waals surface area contributed by atoms with Crippen molar-refractivity contribution in [1.82, 2.24) is 12.7 Å². The first-order valence-corrected chi connectivity index (χ1v) is 3.99. The summed E-state index contributed by atoms with van der Waals surface area (Å²) in [6.45, 7) is 0. The number of anilines is 1. The van der Waals surface area contributed by atoms with Gasteiger partial charge in [0, 0.05) is 6.20 Å². The van der Waals surface area contributed by atoms with Crippen LogP contribution >= 0.6 is 22.9 Å². The first kappa shape index (κ1) is 6.84. The first-order valence-electron chi connectivity index (χ1n) is 3.03. The Kier molecular flexibility index (Phi) is 1.45. The molecule has 2 aromatic rings. The Bertz CT molecular complexity index is 394. The summed E-state index contributed by atoms with van der Waals surface area (Å²) in [5.41, 5.74) is 6.46. The molecule has 2 N–H and O–H groups in total. The molecule has 0 saturated heterocycles. The number of fused-ring (bicyclic) bond motifs is 1. The highest BCUT2D eigenvalue weighted by atomic mass is 127. The molecular formula is C6H5IN4. The smallest absolute Gasteiger partial charge is 0.154 e. The van der Waals surface area contributed by atoms with Crippen molar-refractivity contribution in [2.45, 2.75) is 0 Å². The highest BCUT2D eigenvalue weighted by Crippen LogP contribution is 2.18. The molecule has 0 spiro atoms. The van der Waals surface area contributed by atoms with Crippen molar-refractivity contribution in [3.05, 3.63) is 18.6 Å². The Labute approximate surface area is 76.9 Å². The van der Waals surface area contributed by atoms with E-state index in [0.717, 1.165) is 11.0 Å². The van der Waals surface area contributed by atoms with Crippen LogP contribution in [0.5, 0.6) is 0 Å². The normalized spacial score (nSPS) is 10.6. The monoisotopic (exact) mass is 260 g/mol. The fourth-order valence-electron chi connectivity index (χ4n) is 0.940. The van der Waals surface area contributed by atoms with E-state index in [9.17, 15) is 0 Å². The molecule has 2 heterocycles. The molecule has 0 aliphatic heterocycles. The summed E-state index contributed by atoms with van der Waals surface area (Å²) in [4.78, 5) is 7.94. The van der Waals surface area contributed by atoms with E-state index in [1.165, 1.54) is 6.33 Å². The molecule has 0 fully saturated rings. The number of hydrogen-bond acceptors (Lipinski definition) is 3. The van der Waals surface area contributed by atoms with Crippen molar-refractivity contribution in [1.29, 1.82) is 0 Å². The molecule has 2 aromatic heterocycles. The van der Waals surface area contributed by atoms with Crippen molar-refractivity contribution in [2.75, 3.05) is 5.73 Å². The van der Waals surface area contributed by atoms with E-state index in [0.29, 0.717) is 5.82 Å². The van der Waals surface area contributed by atoms with Crippen molar-refractivity contribution in [3.8, 4) is 0 Å². The van der Waals surface area contributed by atoms with Gasteiger partial charge >= 0.3 is 0 Å². The number of halogens is 1. The first-order chi connectivity index (χ1) is 5.29. The maximum absolute atomic E-state index is 5.60. The Hall–Kier alpha value is -0.850. The zero-order valence-electron chi connectivity index (χ0n) is 5.53. The van der Waals surface area contributed by atoms with Gasteiger partial charge in [0.05, 0.1) is 28.3 Å². The minimum Gasteiger partial charge on any atom is -0.383 e. The summed E-state index contributed by atoms with van der Waals surface area (Å²) in [7, 11) is 0. The largest absolute Gasteiger partial charge is 0.383 e. The molecule has 0 amide bonds. The third-order valence-electron chi connectivity index (χ3n) is 1.47. The number of aromatic nitrogens is 3. The molecule has 0 aliphatic rings. The van der Waals surface area contributed by atoms with Crippen LogP contribution in [0.2, 0.25) is 0 Å². The molecule has 0 atom stereocenters. The van der Waals surface area contributed by atoms with Gasteiger partial charge in [0.2, 0.25) is 0 Å². The lowest BCUT2D eigenvalue weighted by atomic mass is 10.4. The van der Waals surface area contributed by atoms with Gasteiger partial charge in [0.25, 0.3) is 0 Å². The van der Waals surface area contributed by atoms with Crippen molar-refractivity contribution in [3.63, 3.8) is 0 Å². The van der Waals surface area contributed by atoms with Gasteiger partial charge in [0.1, 0.15) is 12.1 Å². The third-order valence-corrected chi connectivity index (χ3v) is 2.25. The third kappa shape index (κ3) is 0.953. The molecule has 0 aliphatic carbocycles. The number of nitrogen functional groups attached to an aromatic ring is 1. The molecule has 0 unspecified atom stereocenters.